The average molecular weight is 406 g/mol. The minimum absolute atomic E-state index is 0.443. The Balaban J connectivity index is 1.47. The van der Waals surface area contributed by atoms with Gasteiger partial charge in [0.1, 0.15) is 19.0 Å². The average Bonchev–Trinajstić information content (AvgIpc) is 3.26. The van der Waals surface area contributed by atoms with E-state index in [0.29, 0.717) is 44.1 Å². The van der Waals surface area contributed by atoms with Crippen molar-refractivity contribution in [2.45, 2.75) is 13.0 Å². The SMILES string of the molecule is O=C(O)/C=C/c1ccc(Cn2cccn2)cc1OCCc1ccc2c(c1)OCCO2. The summed E-state index contributed by atoms with van der Waals surface area (Å²) in [5.74, 6) is 1.15. The van der Waals surface area contributed by atoms with Crippen LogP contribution in [0.15, 0.2) is 60.9 Å². The molecule has 0 fully saturated rings. The van der Waals surface area contributed by atoms with Crippen molar-refractivity contribution in [3.8, 4) is 17.2 Å². The van der Waals surface area contributed by atoms with Gasteiger partial charge in [0, 0.05) is 30.5 Å². The lowest BCUT2D eigenvalue weighted by atomic mass is 10.1. The predicted octanol–water partition coefficient (Wildman–Crippen LogP) is 3.42. The Morgan fingerprint density at radius 2 is 1.97 bits per heavy atom. The zero-order valence-electron chi connectivity index (χ0n) is 16.4. The first-order valence-electron chi connectivity index (χ1n) is 9.70. The van der Waals surface area contributed by atoms with Crippen LogP contribution >= 0.6 is 0 Å². The van der Waals surface area contributed by atoms with Crippen LogP contribution in [0.3, 0.4) is 0 Å². The number of carbonyl (C=O) groups is 1. The summed E-state index contributed by atoms with van der Waals surface area (Å²) in [4.78, 5) is 10.9. The monoisotopic (exact) mass is 406 g/mol. The molecule has 1 aliphatic heterocycles. The summed E-state index contributed by atoms with van der Waals surface area (Å²) in [6, 6.07) is 13.5. The quantitative estimate of drug-likeness (QED) is 0.577. The molecule has 0 aliphatic carbocycles. The zero-order chi connectivity index (χ0) is 20.8. The molecule has 0 spiro atoms. The van der Waals surface area contributed by atoms with Gasteiger partial charge in [-0.2, -0.15) is 5.10 Å². The molecule has 0 atom stereocenters. The Morgan fingerprint density at radius 3 is 2.77 bits per heavy atom. The highest BCUT2D eigenvalue weighted by Gasteiger charge is 2.12. The second-order valence-corrected chi connectivity index (χ2v) is 6.82. The molecule has 0 saturated heterocycles. The van der Waals surface area contributed by atoms with Gasteiger partial charge in [0.05, 0.1) is 13.2 Å². The molecule has 1 aliphatic rings. The maximum atomic E-state index is 10.9. The molecule has 0 amide bonds. The van der Waals surface area contributed by atoms with Gasteiger partial charge in [-0.1, -0.05) is 18.2 Å². The molecule has 154 valence electrons. The molecule has 1 N–H and O–H groups in total. The first-order valence-corrected chi connectivity index (χ1v) is 9.70. The molecule has 0 radical (unpaired) electrons. The molecule has 7 nitrogen and oxygen atoms in total. The van der Waals surface area contributed by atoms with Crippen LogP contribution < -0.4 is 14.2 Å². The highest BCUT2D eigenvalue weighted by Crippen LogP contribution is 2.31. The first kappa shape index (κ1) is 19.6. The summed E-state index contributed by atoms with van der Waals surface area (Å²) in [5.41, 5.74) is 2.80. The van der Waals surface area contributed by atoms with E-state index in [9.17, 15) is 4.79 Å². The van der Waals surface area contributed by atoms with Gasteiger partial charge in [0.25, 0.3) is 0 Å². The van der Waals surface area contributed by atoms with Gasteiger partial charge < -0.3 is 19.3 Å². The Labute approximate surface area is 174 Å². The van der Waals surface area contributed by atoms with Gasteiger partial charge in [0.2, 0.25) is 0 Å². The van der Waals surface area contributed by atoms with E-state index in [2.05, 4.69) is 5.10 Å². The summed E-state index contributed by atoms with van der Waals surface area (Å²) in [6.45, 7) is 2.17. The lowest BCUT2D eigenvalue weighted by Crippen LogP contribution is -2.15. The summed E-state index contributed by atoms with van der Waals surface area (Å²) < 4.78 is 19.0. The van der Waals surface area contributed by atoms with Crippen molar-refractivity contribution in [3.63, 3.8) is 0 Å². The lowest BCUT2D eigenvalue weighted by molar-refractivity contribution is -0.131. The van der Waals surface area contributed by atoms with Crippen molar-refractivity contribution < 1.29 is 24.1 Å². The largest absolute Gasteiger partial charge is 0.493 e. The third kappa shape index (κ3) is 5.00. The van der Waals surface area contributed by atoms with Crippen LogP contribution in [0.5, 0.6) is 17.2 Å². The summed E-state index contributed by atoms with van der Waals surface area (Å²) in [6.07, 6.45) is 6.95. The number of nitrogens with zero attached hydrogens (tertiary/aromatic N) is 2. The Bertz CT molecular complexity index is 1040. The molecule has 0 saturated carbocycles. The molecule has 30 heavy (non-hydrogen) atoms. The fraction of sp³-hybridized carbons (Fsp3) is 0.217. The van der Waals surface area contributed by atoms with Crippen LogP contribution in [0.4, 0.5) is 0 Å². The standard InChI is InChI=1S/C23H22N2O5/c26-23(27)7-5-19-4-2-18(16-25-10-1-9-24-25)15-21(19)28-11-8-17-3-6-20-22(14-17)30-13-12-29-20/h1-7,9-10,14-15H,8,11-13,16H2,(H,26,27)/b7-5+. The van der Waals surface area contributed by atoms with E-state index in [1.807, 2.05) is 53.3 Å². The number of aliphatic carboxylic acids is 1. The van der Waals surface area contributed by atoms with E-state index < -0.39 is 5.97 Å². The number of hydrogen-bond acceptors (Lipinski definition) is 5. The molecule has 2 heterocycles. The third-order valence-electron chi connectivity index (χ3n) is 4.64. The second kappa shape index (κ2) is 9.17. The predicted molar refractivity (Wildman–Crippen MR) is 111 cm³/mol. The number of ether oxygens (including phenoxy) is 3. The van der Waals surface area contributed by atoms with E-state index in [1.54, 1.807) is 12.3 Å². The minimum atomic E-state index is -1.00. The number of carboxylic acids is 1. The maximum Gasteiger partial charge on any atom is 0.328 e. The number of carboxylic acid groups (broad SMARTS) is 1. The van der Waals surface area contributed by atoms with Crippen molar-refractivity contribution in [3.05, 3.63) is 77.6 Å². The zero-order valence-corrected chi connectivity index (χ0v) is 16.4. The molecule has 1 aromatic heterocycles. The highest BCUT2D eigenvalue weighted by atomic mass is 16.6. The van der Waals surface area contributed by atoms with Gasteiger partial charge in [-0.15, -0.1) is 0 Å². The highest BCUT2D eigenvalue weighted by molar-refractivity contribution is 5.85. The van der Waals surface area contributed by atoms with Crippen molar-refractivity contribution >= 4 is 12.0 Å². The van der Waals surface area contributed by atoms with E-state index in [-0.39, 0.29) is 0 Å². The second-order valence-electron chi connectivity index (χ2n) is 6.82. The fourth-order valence-electron chi connectivity index (χ4n) is 3.20. The number of fused-ring (bicyclic) bond motifs is 1. The van der Waals surface area contributed by atoms with Crippen molar-refractivity contribution in [2.24, 2.45) is 0 Å². The van der Waals surface area contributed by atoms with Gasteiger partial charge >= 0.3 is 5.97 Å². The summed E-state index contributed by atoms with van der Waals surface area (Å²) in [7, 11) is 0. The Kier molecular flexibility index (Phi) is 5.98. The summed E-state index contributed by atoms with van der Waals surface area (Å²) in [5, 5.41) is 13.2. The van der Waals surface area contributed by atoms with Crippen LogP contribution in [-0.2, 0) is 17.8 Å². The lowest BCUT2D eigenvalue weighted by Gasteiger charge is -2.19. The number of benzene rings is 2. The molecular weight excluding hydrogens is 384 g/mol. The van der Waals surface area contributed by atoms with Gasteiger partial charge in [-0.25, -0.2) is 4.79 Å². The van der Waals surface area contributed by atoms with Crippen molar-refractivity contribution in [1.29, 1.82) is 0 Å². The smallest absolute Gasteiger partial charge is 0.328 e. The normalized spacial score (nSPS) is 12.8. The van der Waals surface area contributed by atoms with Crippen LogP contribution in [0.1, 0.15) is 16.7 Å². The Hall–Kier alpha value is -3.74. The Morgan fingerprint density at radius 1 is 1.13 bits per heavy atom. The van der Waals surface area contributed by atoms with Gasteiger partial charge in [0.15, 0.2) is 11.5 Å². The number of hydrogen-bond donors (Lipinski definition) is 1. The van der Waals surface area contributed by atoms with E-state index in [4.69, 9.17) is 19.3 Å². The maximum absolute atomic E-state index is 10.9. The minimum Gasteiger partial charge on any atom is -0.493 e. The molecule has 3 aromatic rings. The molecular formula is C23H22N2O5. The van der Waals surface area contributed by atoms with E-state index in [1.165, 1.54) is 0 Å². The topological polar surface area (TPSA) is 82.8 Å². The molecule has 0 bridgehead atoms. The van der Waals surface area contributed by atoms with E-state index in [0.717, 1.165) is 28.7 Å². The molecule has 4 rings (SSSR count). The van der Waals surface area contributed by atoms with Crippen LogP contribution in [0.25, 0.3) is 6.08 Å². The molecule has 0 unspecified atom stereocenters. The van der Waals surface area contributed by atoms with Crippen LogP contribution in [-0.4, -0.2) is 40.7 Å². The van der Waals surface area contributed by atoms with Gasteiger partial charge in [-0.05, 0) is 41.5 Å². The third-order valence-corrected chi connectivity index (χ3v) is 4.64. The van der Waals surface area contributed by atoms with Gasteiger partial charge in [-0.3, -0.25) is 4.68 Å². The van der Waals surface area contributed by atoms with Crippen molar-refractivity contribution in [1.82, 2.24) is 9.78 Å². The molecule has 2 aromatic carbocycles. The molecule has 7 heteroatoms. The summed E-state index contributed by atoms with van der Waals surface area (Å²) >= 11 is 0. The first-order chi connectivity index (χ1) is 14.7. The number of aromatic nitrogens is 2. The fourth-order valence-corrected chi connectivity index (χ4v) is 3.20. The van der Waals surface area contributed by atoms with Crippen LogP contribution in [0, 0.1) is 0 Å². The number of rotatable bonds is 8. The van der Waals surface area contributed by atoms with E-state index >= 15 is 0 Å². The van der Waals surface area contributed by atoms with Crippen molar-refractivity contribution in [2.75, 3.05) is 19.8 Å². The van der Waals surface area contributed by atoms with Crippen LogP contribution in [0.2, 0.25) is 0 Å².